The second-order valence-electron chi connectivity index (χ2n) is 16.2. The molecule has 0 bridgehead atoms. The number of quaternary nitrogens is 1. The number of para-hydroxylation sites is 2. The van der Waals surface area contributed by atoms with Crippen LogP contribution in [-0.4, -0.2) is 18.0 Å². The Morgan fingerprint density at radius 3 is 2.47 bits per heavy atom. The average molecular weight is 705 g/mol. The Morgan fingerprint density at radius 1 is 0.755 bits per heavy atom. The number of benzene rings is 4. The first-order chi connectivity index (χ1) is 26.2. The summed E-state index contributed by atoms with van der Waals surface area (Å²) in [6.07, 6.45) is 29.1. The van der Waals surface area contributed by atoms with E-state index in [1.165, 1.54) is 91.5 Å². The predicted molar refractivity (Wildman–Crippen MR) is 220 cm³/mol. The standard InChI is InChI=1S/C49H41N3S/c1-5-18-40-32(12-1)38-28-30(22-24-41(38)49(40)26-9-10-27-49)31-23-25-44-39(29-31)33-13-3-7-20-43(33)52(44)48-50-42-19-6-2-15-36(42)46(51-48)37-17-11-16-35-34-14-4-8-21-45(34)53-47(35)37/h1-8,11-17,19-25,28-29,38-41,44,48,50H,9-10,18,26-27H2/p+1. The van der Waals surface area contributed by atoms with Crippen molar-refractivity contribution in [1.29, 1.82) is 0 Å². The van der Waals surface area contributed by atoms with E-state index in [1.807, 2.05) is 11.3 Å². The Labute approximate surface area is 315 Å². The highest BCUT2D eigenvalue weighted by Gasteiger charge is 2.57. The number of nitrogens with zero attached hydrogens (tertiary/aromatic N) is 2. The van der Waals surface area contributed by atoms with Crippen molar-refractivity contribution in [3.8, 4) is 0 Å². The van der Waals surface area contributed by atoms with Crippen LogP contribution in [-0.2, 0) is 0 Å². The number of aliphatic imine (C=N–C) groups is 1. The van der Waals surface area contributed by atoms with Crippen LogP contribution in [0.25, 0.3) is 20.2 Å². The molecule has 6 atom stereocenters. The van der Waals surface area contributed by atoms with Gasteiger partial charge in [0.05, 0.1) is 17.3 Å². The number of allylic oxidation sites excluding steroid dienone is 10. The van der Waals surface area contributed by atoms with Gasteiger partial charge in [-0.1, -0.05) is 140 Å². The van der Waals surface area contributed by atoms with Crippen molar-refractivity contribution in [2.45, 2.75) is 50.4 Å². The highest BCUT2D eigenvalue weighted by Crippen LogP contribution is 2.65. The van der Waals surface area contributed by atoms with E-state index in [0.29, 0.717) is 23.2 Å². The smallest absolute Gasteiger partial charge is 0.266 e. The molecule has 4 aromatic carbocycles. The third-order valence-electron chi connectivity index (χ3n) is 13.9. The van der Waals surface area contributed by atoms with Gasteiger partial charge in [-0.2, -0.15) is 0 Å². The minimum absolute atomic E-state index is 0.126. The molecule has 3 heterocycles. The van der Waals surface area contributed by atoms with Gasteiger partial charge in [-0.15, -0.1) is 11.3 Å². The molecule has 2 saturated carbocycles. The molecule has 1 spiro atoms. The summed E-state index contributed by atoms with van der Waals surface area (Å²) in [5, 5.41) is 5.03. The number of hydrogen-bond donors (Lipinski definition) is 1. The molecule has 1 aromatic heterocycles. The molecule has 53 heavy (non-hydrogen) atoms. The summed E-state index contributed by atoms with van der Waals surface area (Å²) in [4.78, 5) is 8.30. The first-order valence-electron chi connectivity index (χ1n) is 19.7. The lowest BCUT2D eigenvalue weighted by molar-refractivity contribution is -0.610. The molecule has 5 aliphatic carbocycles. The van der Waals surface area contributed by atoms with E-state index in [-0.39, 0.29) is 18.2 Å². The van der Waals surface area contributed by atoms with Crippen molar-refractivity contribution in [2.75, 3.05) is 4.90 Å². The van der Waals surface area contributed by atoms with Crippen LogP contribution in [0.15, 0.2) is 167 Å². The van der Waals surface area contributed by atoms with Gasteiger partial charge < -0.3 is 0 Å². The number of hydrogen-bond acceptors (Lipinski definition) is 3. The zero-order chi connectivity index (χ0) is 34.7. The molecular weight excluding hydrogens is 663 g/mol. The predicted octanol–water partition coefficient (Wildman–Crippen LogP) is 10.7. The van der Waals surface area contributed by atoms with E-state index in [1.54, 1.807) is 5.57 Å². The number of rotatable bonds is 3. The third kappa shape index (κ3) is 4.34. The fourth-order valence-electron chi connectivity index (χ4n) is 11.7. The molecule has 4 heteroatoms. The number of anilines is 1. The molecule has 5 aromatic rings. The first-order valence-corrected chi connectivity index (χ1v) is 20.5. The molecule has 12 rings (SSSR count). The van der Waals surface area contributed by atoms with Gasteiger partial charge in [0, 0.05) is 43.3 Å². The minimum atomic E-state index is -0.126. The van der Waals surface area contributed by atoms with E-state index in [0.717, 1.165) is 5.71 Å². The molecule has 2 aliphatic heterocycles. The largest absolute Gasteiger partial charge is 0.295 e. The molecule has 258 valence electrons. The topological polar surface area (TPSA) is 32.2 Å². The highest BCUT2D eigenvalue weighted by atomic mass is 32.1. The van der Waals surface area contributed by atoms with Crippen LogP contribution < -0.4 is 10.2 Å². The molecule has 3 nitrogen and oxygen atoms in total. The normalized spacial score (nSPS) is 28.6. The summed E-state index contributed by atoms with van der Waals surface area (Å²) in [7, 11) is 0. The van der Waals surface area contributed by atoms with Crippen molar-refractivity contribution < 1.29 is 5.32 Å². The van der Waals surface area contributed by atoms with Gasteiger partial charge in [0.25, 0.3) is 6.29 Å². The molecule has 2 N–H and O–H groups in total. The summed E-state index contributed by atoms with van der Waals surface area (Å²) in [6, 6.07) is 33.7. The third-order valence-corrected chi connectivity index (χ3v) is 15.1. The zero-order valence-corrected chi connectivity index (χ0v) is 30.6. The van der Waals surface area contributed by atoms with Crippen molar-refractivity contribution >= 4 is 48.6 Å². The lowest BCUT2D eigenvalue weighted by Crippen LogP contribution is -2.90. The van der Waals surface area contributed by atoms with E-state index < -0.39 is 0 Å². The minimum Gasteiger partial charge on any atom is -0.295 e. The molecule has 0 saturated heterocycles. The molecule has 7 aliphatic rings. The fraction of sp³-hybridized carbons (Fsp3) is 0.245. The van der Waals surface area contributed by atoms with Crippen LogP contribution >= 0.6 is 11.3 Å². The van der Waals surface area contributed by atoms with Gasteiger partial charge >= 0.3 is 0 Å². The van der Waals surface area contributed by atoms with Crippen LogP contribution in [0.1, 0.15) is 54.7 Å². The van der Waals surface area contributed by atoms with Gasteiger partial charge in [-0.05, 0) is 77.5 Å². The fourth-order valence-corrected chi connectivity index (χ4v) is 12.9. The molecular formula is C49H42N3S+. The van der Waals surface area contributed by atoms with Crippen molar-refractivity contribution in [1.82, 2.24) is 0 Å². The molecule has 6 unspecified atom stereocenters. The van der Waals surface area contributed by atoms with E-state index in [2.05, 4.69) is 156 Å². The molecule has 2 fully saturated rings. The van der Waals surface area contributed by atoms with Gasteiger partial charge in [0.2, 0.25) is 0 Å². The van der Waals surface area contributed by atoms with Gasteiger partial charge in [0.1, 0.15) is 5.69 Å². The Kier molecular flexibility index (Phi) is 6.59. The molecule has 0 amide bonds. The maximum atomic E-state index is 5.71. The first kappa shape index (κ1) is 30.4. The van der Waals surface area contributed by atoms with Crippen LogP contribution in [0.2, 0.25) is 0 Å². The quantitative estimate of drug-likeness (QED) is 0.186. The Morgan fingerprint density at radius 2 is 1.53 bits per heavy atom. The van der Waals surface area contributed by atoms with Gasteiger partial charge in [0.15, 0.2) is 0 Å². The second kappa shape index (κ2) is 11.5. The average Bonchev–Trinajstić information content (AvgIpc) is 4.00. The highest BCUT2D eigenvalue weighted by molar-refractivity contribution is 7.26. The SMILES string of the molecule is C1=CCC2C(=C1)C1C=C(C3=CC4c5ccccc5N(C5N=C(c6cccc7c6sc6ccccc67)c6ccccc6[NH2+]5)C4C=C3)C=CC1C21CCCC1. The van der Waals surface area contributed by atoms with E-state index >= 15 is 0 Å². The summed E-state index contributed by atoms with van der Waals surface area (Å²) < 4.78 is 2.64. The van der Waals surface area contributed by atoms with Crippen LogP contribution in [0.4, 0.5) is 11.4 Å². The van der Waals surface area contributed by atoms with E-state index in [4.69, 9.17) is 4.99 Å². The summed E-state index contributed by atoms with van der Waals surface area (Å²) in [6.45, 7) is 0. The number of thiophene rings is 1. The lowest BCUT2D eigenvalue weighted by Gasteiger charge is -2.37. The van der Waals surface area contributed by atoms with Crippen LogP contribution in [0.5, 0.6) is 0 Å². The van der Waals surface area contributed by atoms with E-state index in [9.17, 15) is 0 Å². The summed E-state index contributed by atoms with van der Waals surface area (Å²) in [5.74, 6) is 2.15. The Balaban J connectivity index is 0.934. The number of nitrogens with two attached hydrogens (primary N) is 1. The van der Waals surface area contributed by atoms with Crippen molar-refractivity contribution in [2.24, 2.45) is 28.2 Å². The van der Waals surface area contributed by atoms with Crippen molar-refractivity contribution in [3.63, 3.8) is 0 Å². The Hall–Kier alpha value is -5.03. The maximum Gasteiger partial charge on any atom is 0.266 e. The van der Waals surface area contributed by atoms with Gasteiger partial charge in [-0.25, -0.2) is 4.99 Å². The van der Waals surface area contributed by atoms with Gasteiger partial charge in [-0.3, -0.25) is 10.2 Å². The zero-order valence-electron chi connectivity index (χ0n) is 29.7. The Bertz CT molecular complexity index is 2580. The summed E-state index contributed by atoms with van der Waals surface area (Å²) in [5.41, 5.74) is 12.4. The lowest BCUT2D eigenvalue weighted by atomic mass is 9.67. The molecule has 0 radical (unpaired) electrons. The maximum absolute atomic E-state index is 5.71. The van der Waals surface area contributed by atoms with Crippen molar-refractivity contribution in [3.05, 3.63) is 179 Å². The second-order valence-corrected chi connectivity index (χ2v) is 17.3. The number of fused-ring (bicyclic) bond motifs is 12. The summed E-state index contributed by atoms with van der Waals surface area (Å²) >= 11 is 1.89. The van der Waals surface area contributed by atoms with Crippen LogP contribution in [0, 0.1) is 23.2 Å². The monoisotopic (exact) mass is 704 g/mol. The van der Waals surface area contributed by atoms with Crippen LogP contribution in [0.3, 0.4) is 0 Å².